The molecule has 0 unspecified atom stereocenters. The maximum Gasteiger partial charge on any atom is 0.269 e. The van der Waals surface area contributed by atoms with Crippen molar-refractivity contribution >= 4 is 11.4 Å². The van der Waals surface area contributed by atoms with Gasteiger partial charge in [-0.3, -0.25) is 10.1 Å². The molecule has 0 amide bonds. The fourth-order valence-electron chi connectivity index (χ4n) is 2.02. The number of rotatable bonds is 3. The molecule has 94 valence electrons. The Morgan fingerprint density at radius 1 is 1.39 bits per heavy atom. The highest BCUT2D eigenvalue weighted by atomic mass is 16.6. The minimum absolute atomic E-state index is 0.0658. The molecule has 1 aromatic rings. The average Bonchev–Trinajstić information content (AvgIpc) is 2.40. The van der Waals surface area contributed by atoms with E-state index in [-0.39, 0.29) is 11.7 Å². The normalized spacial score (nSPS) is 20.1. The van der Waals surface area contributed by atoms with Crippen LogP contribution in [0.3, 0.4) is 0 Å². The first-order chi connectivity index (χ1) is 8.70. The minimum atomic E-state index is -0.428. The quantitative estimate of drug-likeness (QED) is 0.653. The van der Waals surface area contributed by atoms with Crippen molar-refractivity contribution in [3.63, 3.8) is 0 Å². The fraction of sp³-hybridized carbons (Fsp3) is 0.417. The molecular weight excluding hydrogens is 232 g/mol. The van der Waals surface area contributed by atoms with E-state index < -0.39 is 4.92 Å². The monoisotopic (exact) mass is 246 g/mol. The SMILES string of the molecule is N#C[C@@H]1CCCCN1Nc1ccc([N+](=O)[O-])cc1. The van der Waals surface area contributed by atoms with E-state index in [1.54, 1.807) is 12.1 Å². The molecule has 1 atom stereocenters. The third-order valence-electron chi connectivity index (χ3n) is 3.00. The molecule has 1 N–H and O–H groups in total. The molecular formula is C12H14N4O2. The second-order valence-electron chi connectivity index (χ2n) is 4.25. The van der Waals surface area contributed by atoms with Crippen molar-refractivity contribution < 1.29 is 4.92 Å². The van der Waals surface area contributed by atoms with Gasteiger partial charge >= 0.3 is 0 Å². The van der Waals surface area contributed by atoms with Gasteiger partial charge in [-0.05, 0) is 31.4 Å². The van der Waals surface area contributed by atoms with Gasteiger partial charge in [0.1, 0.15) is 6.04 Å². The molecule has 6 heteroatoms. The predicted octanol–water partition coefficient (Wildman–Crippen LogP) is 2.30. The summed E-state index contributed by atoms with van der Waals surface area (Å²) in [4.78, 5) is 10.1. The Labute approximate surface area is 105 Å². The molecule has 1 saturated heterocycles. The van der Waals surface area contributed by atoms with Crippen LogP contribution < -0.4 is 5.43 Å². The van der Waals surface area contributed by atoms with Gasteiger partial charge in [-0.1, -0.05) is 0 Å². The Kier molecular flexibility index (Phi) is 3.75. The lowest BCUT2D eigenvalue weighted by molar-refractivity contribution is -0.384. The van der Waals surface area contributed by atoms with Crippen molar-refractivity contribution in [3.8, 4) is 6.07 Å². The number of hydrogen-bond donors (Lipinski definition) is 1. The maximum absolute atomic E-state index is 10.5. The van der Waals surface area contributed by atoms with Crippen LogP contribution in [-0.4, -0.2) is 22.5 Å². The Hall–Kier alpha value is -2.13. The predicted molar refractivity (Wildman–Crippen MR) is 66.7 cm³/mol. The van der Waals surface area contributed by atoms with Gasteiger partial charge in [-0.2, -0.15) is 5.26 Å². The second kappa shape index (κ2) is 5.47. The van der Waals surface area contributed by atoms with Gasteiger partial charge < -0.3 is 5.43 Å². The zero-order valence-electron chi connectivity index (χ0n) is 9.87. The van der Waals surface area contributed by atoms with Crippen LogP contribution in [0.2, 0.25) is 0 Å². The number of nitriles is 1. The van der Waals surface area contributed by atoms with Gasteiger partial charge in [-0.15, -0.1) is 0 Å². The van der Waals surface area contributed by atoms with Gasteiger partial charge in [0.05, 0.1) is 11.0 Å². The number of nitrogens with zero attached hydrogens (tertiary/aromatic N) is 3. The molecule has 0 aliphatic carbocycles. The van der Waals surface area contributed by atoms with E-state index >= 15 is 0 Å². The third-order valence-corrected chi connectivity index (χ3v) is 3.00. The molecule has 18 heavy (non-hydrogen) atoms. The summed E-state index contributed by atoms with van der Waals surface area (Å²) in [5.41, 5.74) is 3.97. The molecule has 1 fully saturated rings. The zero-order valence-corrected chi connectivity index (χ0v) is 9.87. The van der Waals surface area contributed by atoms with E-state index in [1.807, 2.05) is 5.01 Å². The van der Waals surface area contributed by atoms with Crippen LogP contribution in [0.5, 0.6) is 0 Å². The van der Waals surface area contributed by atoms with Crippen molar-refractivity contribution in [2.45, 2.75) is 25.3 Å². The van der Waals surface area contributed by atoms with Crippen molar-refractivity contribution in [2.75, 3.05) is 12.0 Å². The van der Waals surface area contributed by atoms with E-state index in [9.17, 15) is 10.1 Å². The number of nitro benzene ring substituents is 1. The highest BCUT2D eigenvalue weighted by Crippen LogP contribution is 2.20. The molecule has 1 aromatic carbocycles. The molecule has 0 saturated carbocycles. The number of non-ortho nitro benzene ring substituents is 1. The van der Waals surface area contributed by atoms with Crippen LogP contribution in [0.25, 0.3) is 0 Å². The van der Waals surface area contributed by atoms with Gasteiger partial charge in [0.15, 0.2) is 0 Å². The number of piperidine rings is 1. The lowest BCUT2D eigenvalue weighted by atomic mass is 10.1. The summed E-state index contributed by atoms with van der Waals surface area (Å²) >= 11 is 0. The summed E-state index contributed by atoms with van der Waals surface area (Å²) < 4.78 is 0. The Morgan fingerprint density at radius 3 is 2.72 bits per heavy atom. The van der Waals surface area contributed by atoms with Crippen molar-refractivity contribution in [1.82, 2.24) is 5.01 Å². The van der Waals surface area contributed by atoms with E-state index in [1.165, 1.54) is 12.1 Å². The largest absolute Gasteiger partial charge is 0.318 e. The summed E-state index contributed by atoms with van der Waals surface area (Å²) in [7, 11) is 0. The van der Waals surface area contributed by atoms with Crippen LogP contribution in [0.15, 0.2) is 24.3 Å². The third kappa shape index (κ3) is 2.76. The van der Waals surface area contributed by atoms with Crippen molar-refractivity contribution in [1.29, 1.82) is 5.26 Å². The first-order valence-electron chi connectivity index (χ1n) is 5.88. The van der Waals surface area contributed by atoms with Crippen LogP contribution in [-0.2, 0) is 0 Å². The van der Waals surface area contributed by atoms with Crippen molar-refractivity contribution in [3.05, 3.63) is 34.4 Å². The first-order valence-corrected chi connectivity index (χ1v) is 5.88. The summed E-state index contributed by atoms with van der Waals surface area (Å²) in [5, 5.41) is 21.5. The van der Waals surface area contributed by atoms with Crippen LogP contribution in [0.4, 0.5) is 11.4 Å². The Balaban J connectivity index is 2.04. The van der Waals surface area contributed by atoms with E-state index in [0.717, 1.165) is 31.5 Å². The Morgan fingerprint density at radius 2 is 2.11 bits per heavy atom. The van der Waals surface area contributed by atoms with E-state index in [0.29, 0.717) is 0 Å². The lowest BCUT2D eigenvalue weighted by Gasteiger charge is -2.32. The summed E-state index contributed by atoms with van der Waals surface area (Å²) in [5.74, 6) is 0. The number of benzene rings is 1. The number of anilines is 1. The number of nitro groups is 1. The average molecular weight is 246 g/mol. The smallest absolute Gasteiger partial charge is 0.269 e. The van der Waals surface area contributed by atoms with E-state index in [4.69, 9.17) is 5.26 Å². The summed E-state index contributed by atoms with van der Waals surface area (Å²) in [6, 6.07) is 8.34. The van der Waals surface area contributed by atoms with Crippen LogP contribution >= 0.6 is 0 Å². The van der Waals surface area contributed by atoms with Crippen molar-refractivity contribution in [2.24, 2.45) is 0 Å². The molecule has 0 radical (unpaired) electrons. The molecule has 6 nitrogen and oxygen atoms in total. The highest BCUT2D eigenvalue weighted by Gasteiger charge is 2.21. The number of hydrazine groups is 1. The van der Waals surface area contributed by atoms with Gasteiger partial charge in [-0.25, -0.2) is 5.01 Å². The van der Waals surface area contributed by atoms with Gasteiger partial charge in [0.25, 0.3) is 5.69 Å². The topological polar surface area (TPSA) is 82.2 Å². The number of hydrogen-bond acceptors (Lipinski definition) is 5. The molecule has 0 bridgehead atoms. The molecule has 1 aliphatic rings. The van der Waals surface area contributed by atoms with Gasteiger partial charge in [0.2, 0.25) is 0 Å². The molecule has 2 rings (SSSR count). The first kappa shape index (κ1) is 12.3. The molecule has 1 aliphatic heterocycles. The Bertz CT molecular complexity index is 466. The van der Waals surface area contributed by atoms with Gasteiger partial charge in [0, 0.05) is 24.4 Å². The summed E-state index contributed by atoms with van der Waals surface area (Å²) in [6.07, 6.45) is 2.98. The minimum Gasteiger partial charge on any atom is -0.318 e. The van der Waals surface area contributed by atoms with E-state index in [2.05, 4.69) is 11.5 Å². The fourth-order valence-corrected chi connectivity index (χ4v) is 2.02. The lowest BCUT2D eigenvalue weighted by Crippen LogP contribution is -2.42. The van der Waals surface area contributed by atoms with Crippen LogP contribution in [0, 0.1) is 21.4 Å². The standard InChI is InChI=1S/C12H14N4O2/c13-9-12-3-1-2-8-15(12)14-10-4-6-11(7-5-10)16(17)18/h4-7,12,14H,1-3,8H2/t12-/m0/s1. The maximum atomic E-state index is 10.5. The van der Waals surface area contributed by atoms with Crippen LogP contribution in [0.1, 0.15) is 19.3 Å². The number of nitrogens with one attached hydrogen (secondary N) is 1. The molecule has 0 aromatic heterocycles. The molecule has 0 spiro atoms. The molecule has 1 heterocycles. The highest BCUT2D eigenvalue weighted by molar-refractivity contribution is 5.48. The summed E-state index contributed by atoms with van der Waals surface area (Å²) in [6.45, 7) is 0.815. The second-order valence-corrected chi connectivity index (χ2v) is 4.25. The zero-order chi connectivity index (χ0) is 13.0.